The van der Waals surface area contributed by atoms with Crippen molar-refractivity contribution in [3.8, 4) is 11.5 Å². The van der Waals surface area contributed by atoms with E-state index in [0.717, 1.165) is 0 Å². The Balaban J connectivity index is 1.83. The van der Waals surface area contributed by atoms with Crippen molar-refractivity contribution in [2.45, 2.75) is 32.4 Å². The third kappa shape index (κ3) is 6.36. The van der Waals surface area contributed by atoms with Gasteiger partial charge >= 0.3 is 18.1 Å². The van der Waals surface area contributed by atoms with E-state index in [1.54, 1.807) is 23.1 Å². The number of urea groups is 1. The minimum atomic E-state index is -0.742. The number of hydrogen-bond donors (Lipinski definition) is 2. The molecule has 1 unspecified atom stereocenters. The van der Waals surface area contributed by atoms with Crippen molar-refractivity contribution in [1.29, 1.82) is 0 Å². The predicted octanol–water partition coefficient (Wildman–Crippen LogP) is 2.04. The van der Waals surface area contributed by atoms with E-state index in [2.05, 4.69) is 15.5 Å². The molecule has 11 nitrogen and oxygen atoms in total. The van der Waals surface area contributed by atoms with Crippen molar-refractivity contribution >= 4 is 18.1 Å². The standard InChI is InChI=1S/C24H34N4O7/c1-24(2,3)35-23(31)28-11-9-27(10-12-28)14-16-19(21(29)34-6)20(26-22(30)25-16)15-7-8-17(32-4)18(13-15)33-5/h7-8,13,20H,9-12,14H2,1-6H3,(H2,25,26,30). The van der Waals surface area contributed by atoms with Crippen LogP contribution in [0.15, 0.2) is 29.5 Å². The van der Waals surface area contributed by atoms with E-state index >= 15 is 0 Å². The summed E-state index contributed by atoms with van der Waals surface area (Å²) in [6.07, 6.45) is -0.352. The van der Waals surface area contributed by atoms with Gasteiger partial charge in [-0.05, 0) is 38.5 Å². The highest BCUT2D eigenvalue weighted by atomic mass is 16.6. The van der Waals surface area contributed by atoms with Crippen LogP contribution in [0, 0.1) is 0 Å². The zero-order valence-electron chi connectivity index (χ0n) is 21.1. The maximum absolute atomic E-state index is 12.8. The van der Waals surface area contributed by atoms with Crippen LogP contribution in [0.25, 0.3) is 0 Å². The van der Waals surface area contributed by atoms with E-state index in [9.17, 15) is 14.4 Å². The first-order chi connectivity index (χ1) is 16.6. The minimum Gasteiger partial charge on any atom is -0.493 e. The number of rotatable bonds is 6. The van der Waals surface area contributed by atoms with Crippen molar-refractivity contribution in [2.75, 3.05) is 54.1 Å². The van der Waals surface area contributed by atoms with Crippen LogP contribution in [0.2, 0.25) is 0 Å². The number of hydrogen-bond acceptors (Lipinski definition) is 8. The van der Waals surface area contributed by atoms with Crippen LogP contribution in [0.5, 0.6) is 11.5 Å². The van der Waals surface area contributed by atoms with E-state index in [4.69, 9.17) is 18.9 Å². The molecule has 0 bridgehead atoms. The number of ether oxygens (including phenoxy) is 4. The normalized spacial score (nSPS) is 19.0. The Bertz CT molecular complexity index is 994. The molecule has 3 rings (SSSR count). The molecule has 0 radical (unpaired) electrons. The van der Waals surface area contributed by atoms with Gasteiger partial charge in [0.15, 0.2) is 11.5 Å². The Labute approximate surface area is 205 Å². The van der Waals surface area contributed by atoms with Crippen LogP contribution in [-0.2, 0) is 14.3 Å². The van der Waals surface area contributed by atoms with Crippen LogP contribution >= 0.6 is 0 Å². The minimum absolute atomic E-state index is 0.300. The number of esters is 1. The fraction of sp³-hybridized carbons (Fsp3) is 0.542. The highest BCUT2D eigenvalue weighted by Crippen LogP contribution is 2.34. The van der Waals surface area contributed by atoms with E-state index in [1.807, 2.05) is 20.8 Å². The predicted molar refractivity (Wildman–Crippen MR) is 127 cm³/mol. The summed E-state index contributed by atoms with van der Waals surface area (Å²) < 4.78 is 21.2. The third-order valence-corrected chi connectivity index (χ3v) is 5.71. The van der Waals surface area contributed by atoms with Gasteiger partial charge in [-0.3, -0.25) is 4.90 Å². The molecule has 2 aliphatic heterocycles. The van der Waals surface area contributed by atoms with Crippen molar-refractivity contribution < 1.29 is 33.3 Å². The summed E-state index contributed by atoms with van der Waals surface area (Å²) in [7, 11) is 4.35. The Morgan fingerprint density at radius 1 is 1.03 bits per heavy atom. The van der Waals surface area contributed by atoms with E-state index < -0.39 is 23.6 Å². The molecule has 2 heterocycles. The first-order valence-electron chi connectivity index (χ1n) is 11.4. The van der Waals surface area contributed by atoms with Crippen molar-refractivity contribution in [3.63, 3.8) is 0 Å². The van der Waals surface area contributed by atoms with E-state index in [-0.39, 0.29) is 6.09 Å². The second kappa shape index (κ2) is 10.9. The first-order valence-corrected chi connectivity index (χ1v) is 11.4. The summed E-state index contributed by atoms with van der Waals surface area (Å²) >= 11 is 0. The molecule has 1 atom stereocenters. The van der Waals surface area contributed by atoms with Gasteiger partial charge < -0.3 is 34.5 Å². The summed E-state index contributed by atoms with van der Waals surface area (Å²) in [4.78, 5) is 41.5. The molecule has 192 valence electrons. The SMILES string of the molecule is COC(=O)C1=C(CN2CCN(C(=O)OC(C)(C)C)CC2)NC(=O)NC1c1ccc(OC)c(OC)c1. The Morgan fingerprint density at radius 3 is 2.26 bits per heavy atom. The number of carbonyl (C=O) groups excluding carboxylic acids is 3. The second-order valence-corrected chi connectivity index (χ2v) is 9.27. The summed E-state index contributed by atoms with van der Waals surface area (Å²) in [6.45, 7) is 7.86. The van der Waals surface area contributed by atoms with Crippen LogP contribution in [0.1, 0.15) is 32.4 Å². The van der Waals surface area contributed by atoms with Crippen LogP contribution in [0.3, 0.4) is 0 Å². The molecule has 0 aromatic heterocycles. The van der Waals surface area contributed by atoms with Gasteiger partial charge in [-0.2, -0.15) is 0 Å². The van der Waals surface area contributed by atoms with Crippen LogP contribution in [0.4, 0.5) is 9.59 Å². The molecule has 2 aliphatic rings. The largest absolute Gasteiger partial charge is 0.493 e. The second-order valence-electron chi connectivity index (χ2n) is 9.27. The Morgan fingerprint density at radius 2 is 1.69 bits per heavy atom. The summed E-state index contributed by atoms with van der Waals surface area (Å²) in [6, 6.07) is 4.02. The fourth-order valence-electron chi connectivity index (χ4n) is 4.01. The topological polar surface area (TPSA) is 119 Å². The van der Waals surface area contributed by atoms with Gasteiger partial charge in [0.25, 0.3) is 0 Å². The quantitative estimate of drug-likeness (QED) is 0.582. The molecule has 0 spiro atoms. The zero-order valence-corrected chi connectivity index (χ0v) is 21.1. The van der Waals surface area contributed by atoms with Crippen LogP contribution < -0.4 is 20.1 Å². The summed E-state index contributed by atoms with van der Waals surface area (Å²) in [5, 5.41) is 5.58. The lowest BCUT2D eigenvalue weighted by molar-refractivity contribution is -0.136. The lowest BCUT2D eigenvalue weighted by atomic mass is 9.94. The number of piperazine rings is 1. The van der Waals surface area contributed by atoms with Gasteiger partial charge in [-0.25, -0.2) is 14.4 Å². The van der Waals surface area contributed by atoms with Crippen molar-refractivity contribution in [1.82, 2.24) is 20.4 Å². The summed E-state index contributed by atoms with van der Waals surface area (Å²) in [5.41, 5.74) is 0.831. The lowest BCUT2D eigenvalue weighted by Crippen LogP contribution is -2.53. The number of benzene rings is 1. The molecule has 1 saturated heterocycles. The number of nitrogens with one attached hydrogen (secondary N) is 2. The van der Waals surface area contributed by atoms with Gasteiger partial charge in [-0.1, -0.05) is 6.07 Å². The fourth-order valence-corrected chi connectivity index (χ4v) is 4.01. The maximum atomic E-state index is 12.8. The number of nitrogens with zero attached hydrogens (tertiary/aromatic N) is 2. The highest BCUT2D eigenvalue weighted by molar-refractivity contribution is 5.95. The smallest absolute Gasteiger partial charge is 0.410 e. The number of carbonyl (C=O) groups is 3. The maximum Gasteiger partial charge on any atom is 0.410 e. The van der Waals surface area contributed by atoms with Gasteiger partial charge in [0.05, 0.1) is 32.9 Å². The van der Waals surface area contributed by atoms with E-state index in [0.29, 0.717) is 61.1 Å². The molecule has 0 aliphatic carbocycles. The molecule has 11 heteroatoms. The van der Waals surface area contributed by atoms with Crippen LogP contribution in [-0.4, -0.2) is 87.5 Å². The Hall–Kier alpha value is -3.47. The molecule has 0 saturated carbocycles. The first kappa shape index (κ1) is 26.1. The molecule has 1 aromatic rings. The molecule has 3 amide bonds. The van der Waals surface area contributed by atoms with Gasteiger partial charge in [-0.15, -0.1) is 0 Å². The van der Waals surface area contributed by atoms with Crippen molar-refractivity contribution in [2.24, 2.45) is 0 Å². The molecular formula is C24H34N4O7. The molecular weight excluding hydrogens is 456 g/mol. The van der Waals surface area contributed by atoms with Gasteiger partial charge in [0.2, 0.25) is 0 Å². The summed E-state index contributed by atoms with van der Waals surface area (Å²) in [5.74, 6) is 0.449. The lowest BCUT2D eigenvalue weighted by Gasteiger charge is -2.37. The number of amides is 3. The zero-order chi connectivity index (χ0) is 25.8. The average molecular weight is 491 g/mol. The molecule has 35 heavy (non-hydrogen) atoms. The molecule has 2 N–H and O–H groups in total. The monoisotopic (exact) mass is 490 g/mol. The molecule has 1 aromatic carbocycles. The van der Waals surface area contributed by atoms with E-state index in [1.165, 1.54) is 21.3 Å². The van der Waals surface area contributed by atoms with Gasteiger partial charge in [0, 0.05) is 38.4 Å². The van der Waals surface area contributed by atoms with Gasteiger partial charge in [0.1, 0.15) is 5.60 Å². The van der Waals surface area contributed by atoms with Crippen molar-refractivity contribution in [3.05, 3.63) is 35.0 Å². The third-order valence-electron chi connectivity index (χ3n) is 5.71. The average Bonchev–Trinajstić information content (AvgIpc) is 2.82. The number of methoxy groups -OCH3 is 3. The highest BCUT2D eigenvalue weighted by Gasteiger charge is 2.35. The Kier molecular flexibility index (Phi) is 8.11. The molecule has 1 fully saturated rings.